The van der Waals surface area contributed by atoms with E-state index in [1.54, 1.807) is 12.1 Å². The van der Waals surface area contributed by atoms with Gasteiger partial charge in [-0.3, -0.25) is 0 Å². The number of hydrogen-bond acceptors (Lipinski definition) is 2. The number of carbonyl (C=O) groups is 1. The molecule has 2 aromatic rings. The highest BCUT2D eigenvalue weighted by Gasteiger charge is 2.05. The Hall–Kier alpha value is -2.07. The second-order valence-electron chi connectivity index (χ2n) is 3.87. The first-order valence-electron chi connectivity index (χ1n) is 5.46. The Morgan fingerprint density at radius 3 is 2.47 bits per heavy atom. The molecule has 0 radical (unpaired) electrons. The molecule has 0 spiro atoms. The molecule has 0 saturated carbocycles. The van der Waals surface area contributed by atoms with Gasteiger partial charge in [-0.05, 0) is 35.9 Å². The standard InChI is InChI=1S/C14H10ClFO3/c15-12-7-11(16)5-6-13(12)19-8-9-1-3-10(4-2-9)14(17)18/h1-7H,8H2,(H,17,18). The Kier molecular flexibility index (Phi) is 4.02. The highest BCUT2D eigenvalue weighted by atomic mass is 35.5. The SMILES string of the molecule is O=C(O)c1ccc(COc2ccc(F)cc2Cl)cc1. The van der Waals surface area contributed by atoms with Crippen molar-refractivity contribution in [3.05, 3.63) is 64.4 Å². The van der Waals surface area contributed by atoms with Gasteiger partial charge in [-0.2, -0.15) is 0 Å². The van der Waals surface area contributed by atoms with E-state index in [0.717, 1.165) is 5.56 Å². The van der Waals surface area contributed by atoms with Crippen molar-refractivity contribution in [3.8, 4) is 5.75 Å². The Labute approximate surface area is 114 Å². The van der Waals surface area contributed by atoms with Crippen molar-refractivity contribution in [1.29, 1.82) is 0 Å². The smallest absolute Gasteiger partial charge is 0.335 e. The van der Waals surface area contributed by atoms with Crippen LogP contribution in [0.2, 0.25) is 5.02 Å². The molecule has 5 heteroatoms. The monoisotopic (exact) mass is 280 g/mol. The lowest BCUT2D eigenvalue weighted by molar-refractivity contribution is 0.0697. The Balaban J connectivity index is 2.04. The third-order valence-corrected chi connectivity index (χ3v) is 2.78. The molecule has 0 unspecified atom stereocenters. The fourth-order valence-corrected chi connectivity index (χ4v) is 1.72. The van der Waals surface area contributed by atoms with E-state index in [1.807, 2.05) is 0 Å². The number of hydrogen-bond donors (Lipinski definition) is 1. The Bertz CT molecular complexity index is 596. The highest BCUT2D eigenvalue weighted by molar-refractivity contribution is 6.32. The molecule has 2 aromatic carbocycles. The molecule has 0 saturated heterocycles. The van der Waals surface area contributed by atoms with Crippen LogP contribution in [0.1, 0.15) is 15.9 Å². The molecule has 0 atom stereocenters. The molecule has 2 rings (SSSR count). The minimum Gasteiger partial charge on any atom is -0.487 e. The van der Waals surface area contributed by atoms with Crippen molar-refractivity contribution in [3.63, 3.8) is 0 Å². The first-order chi connectivity index (χ1) is 9.06. The summed E-state index contributed by atoms with van der Waals surface area (Å²) in [6.45, 7) is 0.227. The van der Waals surface area contributed by atoms with Crippen LogP contribution < -0.4 is 4.74 Å². The lowest BCUT2D eigenvalue weighted by Crippen LogP contribution is -1.99. The van der Waals surface area contributed by atoms with Gasteiger partial charge >= 0.3 is 5.97 Å². The van der Waals surface area contributed by atoms with E-state index in [0.29, 0.717) is 5.75 Å². The summed E-state index contributed by atoms with van der Waals surface area (Å²) in [4.78, 5) is 10.7. The average Bonchev–Trinajstić information content (AvgIpc) is 2.38. The van der Waals surface area contributed by atoms with Crippen molar-refractivity contribution in [2.24, 2.45) is 0 Å². The summed E-state index contributed by atoms with van der Waals surface area (Å²) in [5.74, 6) is -1.03. The Morgan fingerprint density at radius 2 is 1.89 bits per heavy atom. The molecule has 0 bridgehead atoms. The highest BCUT2D eigenvalue weighted by Crippen LogP contribution is 2.25. The van der Waals surface area contributed by atoms with E-state index in [9.17, 15) is 9.18 Å². The summed E-state index contributed by atoms with van der Waals surface area (Å²) in [6, 6.07) is 10.2. The van der Waals surface area contributed by atoms with Crippen molar-refractivity contribution in [1.82, 2.24) is 0 Å². The van der Waals surface area contributed by atoms with Gasteiger partial charge in [-0.15, -0.1) is 0 Å². The predicted octanol–water partition coefficient (Wildman–Crippen LogP) is 3.76. The maximum Gasteiger partial charge on any atom is 0.335 e. The number of ether oxygens (including phenoxy) is 1. The third-order valence-electron chi connectivity index (χ3n) is 2.49. The van der Waals surface area contributed by atoms with Crippen LogP contribution in [0.4, 0.5) is 4.39 Å². The van der Waals surface area contributed by atoms with E-state index in [-0.39, 0.29) is 17.2 Å². The summed E-state index contributed by atoms with van der Waals surface area (Å²) in [6.07, 6.45) is 0. The second-order valence-corrected chi connectivity index (χ2v) is 4.27. The molecule has 0 aromatic heterocycles. The van der Waals surface area contributed by atoms with Crippen LogP contribution in [0.5, 0.6) is 5.75 Å². The molecule has 3 nitrogen and oxygen atoms in total. The zero-order chi connectivity index (χ0) is 13.8. The van der Waals surface area contributed by atoms with Crippen molar-refractivity contribution in [2.45, 2.75) is 6.61 Å². The van der Waals surface area contributed by atoms with Crippen LogP contribution in [0.15, 0.2) is 42.5 Å². The molecular formula is C14H10ClFO3. The number of carboxylic acids is 1. The van der Waals surface area contributed by atoms with Gasteiger partial charge in [0.05, 0.1) is 10.6 Å². The fourth-order valence-electron chi connectivity index (χ4n) is 1.50. The van der Waals surface area contributed by atoms with Crippen LogP contribution in [0.3, 0.4) is 0 Å². The van der Waals surface area contributed by atoms with Crippen LogP contribution >= 0.6 is 11.6 Å². The van der Waals surface area contributed by atoms with E-state index >= 15 is 0 Å². The van der Waals surface area contributed by atoms with Gasteiger partial charge in [0, 0.05) is 0 Å². The molecular weight excluding hydrogens is 271 g/mol. The van der Waals surface area contributed by atoms with Gasteiger partial charge < -0.3 is 9.84 Å². The third kappa shape index (κ3) is 3.45. The molecule has 0 amide bonds. The van der Waals surface area contributed by atoms with Gasteiger partial charge in [0.15, 0.2) is 0 Å². The molecule has 0 aliphatic carbocycles. The molecule has 0 aliphatic heterocycles. The van der Waals surface area contributed by atoms with Crippen LogP contribution in [-0.4, -0.2) is 11.1 Å². The minimum absolute atomic E-state index is 0.196. The number of halogens is 2. The number of carboxylic acid groups (broad SMARTS) is 1. The maximum atomic E-state index is 12.8. The number of benzene rings is 2. The first-order valence-corrected chi connectivity index (χ1v) is 5.84. The zero-order valence-corrected chi connectivity index (χ0v) is 10.5. The van der Waals surface area contributed by atoms with Gasteiger partial charge in [-0.25, -0.2) is 9.18 Å². The van der Waals surface area contributed by atoms with E-state index in [4.69, 9.17) is 21.4 Å². The molecule has 98 valence electrons. The number of rotatable bonds is 4. The van der Waals surface area contributed by atoms with Crippen LogP contribution in [-0.2, 0) is 6.61 Å². The summed E-state index contributed by atoms with van der Waals surface area (Å²) < 4.78 is 18.3. The molecule has 0 heterocycles. The van der Waals surface area contributed by atoms with Gasteiger partial charge in [0.25, 0.3) is 0 Å². The van der Waals surface area contributed by atoms with Gasteiger partial charge in [0.1, 0.15) is 18.2 Å². The molecule has 0 aliphatic rings. The second kappa shape index (κ2) is 5.71. The minimum atomic E-state index is -0.978. The number of aromatic carboxylic acids is 1. The molecule has 0 fully saturated rings. The van der Waals surface area contributed by atoms with Crippen molar-refractivity contribution < 1.29 is 19.0 Å². The first kappa shape index (κ1) is 13.4. The maximum absolute atomic E-state index is 12.8. The average molecular weight is 281 g/mol. The lowest BCUT2D eigenvalue weighted by Gasteiger charge is -2.08. The Morgan fingerprint density at radius 1 is 1.21 bits per heavy atom. The van der Waals surface area contributed by atoms with Crippen molar-refractivity contribution in [2.75, 3.05) is 0 Å². The lowest BCUT2D eigenvalue weighted by atomic mass is 10.1. The van der Waals surface area contributed by atoms with E-state index < -0.39 is 11.8 Å². The summed E-state index contributed by atoms with van der Waals surface area (Å²) >= 11 is 5.82. The normalized spacial score (nSPS) is 10.2. The van der Waals surface area contributed by atoms with Crippen LogP contribution in [0.25, 0.3) is 0 Å². The summed E-state index contributed by atoms with van der Waals surface area (Å²) in [5.41, 5.74) is 1.01. The van der Waals surface area contributed by atoms with E-state index in [2.05, 4.69) is 0 Å². The van der Waals surface area contributed by atoms with Gasteiger partial charge in [0.2, 0.25) is 0 Å². The van der Waals surface area contributed by atoms with Crippen LogP contribution in [0, 0.1) is 5.82 Å². The van der Waals surface area contributed by atoms with E-state index in [1.165, 1.54) is 30.3 Å². The molecule has 1 N–H and O–H groups in total. The zero-order valence-electron chi connectivity index (χ0n) is 9.77. The quantitative estimate of drug-likeness (QED) is 0.927. The predicted molar refractivity (Wildman–Crippen MR) is 69.1 cm³/mol. The van der Waals surface area contributed by atoms with Gasteiger partial charge in [-0.1, -0.05) is 23.7 Å². The largest absolute Gasteiger partial charge is 0.487 e. The molecule has 19 heavy (non-hydrogen) atoms. The fraction of sp³-hybridized carbons (Fsp3) is 0.0714. The van der Waals surface area contributed by atoms with Crippen molar-refractivity contribution >= 4 is 17.6 Å². The topological polar surface area (TPSA) is 46.5 Å². The summed E-state index contributed by atoms with van der Waals surface area (Å²) in [5, 5.41) is 8.96. The summed E-state index contributed by atoms with van der Waals surface area (Å²) in [7, 11) is 0.